The summed E-state index contributed by atoms with van der Waals surface area (Å²) >= 11 is 0. The largest absolute Gasteiger partial charge is 0.327 e. The van der Waals surface area contributed by atoms with E-state index in [0.29, 0.717) is 53.9 Å². The van der Waals surface area contributed by atoms with Crippen molar-refractivity contribution in [3.05, 3.63) is 46.8 Å². The van der Waals surface area contributed by atoms with Gasteiger partial charge in [-0.3, -0.25) is 13.9 Å². The van der Waals surface area contributed by atoms with E-state index >= 15 is 0 Å². The van der Waals surface area contributed by atoms with Crippen LogP contribution in [0, 0.1) is 11.3 Å². The number of imidazole rings is 2. The van der Waals surface area contributed by atoms with Crippen LogP contribution in [0.1, 0.15) is 37.3 Å². The highest BCUT2D eigenvalue weighted by atomic mass is 16.1. The van der Waals surface area contributed by atoms with E-state index in [0.717, 1.165) is 5.52 Å². The number of fused-ring (bicyclic) bond motifs is 2. The number of carbonyl (C=O) groups excluding carboxylic acids is 1. The quantitative estimate of drug-likeness (QED) is 0.573. The van der Waals surface area contributed by atoms with Crippen LogP contribution < -0.4 is 5.69 Å². The molecule has 0 radical (unpaired) electrons. The van der Waals surface area contributed by atoms with Crippen molar-refractivity contribution in [2.45, 2.75) is 31.7 Å². The molecule has 1 aliphatic carbocycles. The number of nitrogens with zero attached hydrogens (tertiary/aromatic N) is 6. The molecule has 1 fully saturated rings. The third-order valence-corrected chi connectivity index (χ3v) is 5.21. The second kappa shape index (κ2) is 6.13. The van der Waals surface area contributed by atoms with Gasteiger partial charge in [-0.1, -0.05) is 0 Å². The Labute approximate surface area is 158 Å². The van der Waals surface area contributed by atoms with Crippen LogP contribution in [0.3, 0.4) is 0 Å². The molecule has 0 amide bonds. The molecule has 1 aliphatic rings. The maximum absolute atomic E-state index is 12.5. The van der Waals surface area contributed by atoms with Gasteiger partial charge in [0.05, 0.1) is 28.9 Å². The molecular formula is C19H15N7O2. The number of H-pyrrole nitrogens is 1. The number of hydrogen-bond donors (Lipinski definition) is 1. The van der Waals surface area contributed by atoms with Gasteiger partial charge in [0.2, 0.25) is 5.95 Å². The van der Waals surface area contributed by atoms with Gasteiger partial charge in [-0.15, -0.1) is 0 Å². The monoisotopic (exact) mass is 373 g/mol. The molecule has 5 rings (SSSR count). The Bertz CT molecular complexity index is 1330. The molecule has 1 N–H and O–H groups in total. The van der Waals surface area contributed by atoms with Gasteiger partial charge in [0.1, 0.15) is 17.6 Å². The number of Topliss-reactive ketones (excluding diaryl/α,β-unsaturated/α-hetero) is 1. The lowest BCUT2D eigenvalue weighted by atomic mass is 9.94. The summed E-state index contributed by atoms with van der Waals surface area (Å²) in [5.74, 6) is 0.599. The van der Waals surface area contributed by atoms with Crippen LogP contribution in [-0.2, 0) is 4.79 Å². The van der Waals surface area contributed by atoms with Crippen molar-refractivity contribution in [2.75, 3.05) is 0 Å². The fraction of sp³-hybridized carbons (Fsp3) is 0.263. The molecule has 3 heterocycles. The number of carbonyl (C=O) groups is 1. The van der Waals surface area contributed by atoms with Crippen molar-refractivity contribution in [3.63, 3.8) is 0 Å². The Balaban J connectivity index is 1.66. The van der Waals surface area contributed by atoms with Crippen LogP contribution >= 0.6 is 0 Å². The molecule has 0 unspecified atom stereocenters. The lowest BCUT2D eigenvalue weighted by Crippen LogP contribution is -2.26. The first-order valence-electron chi connectivity index (χ1n) is 9.00. The van der Waals surface area contributed by atoms with Crippen LogP contribution in [0.2, 0.25) is 0 Å². The van der Waals surface area contributed by atoms with Gasteiger partial charge < -0.3 is 4.98 Å². The van der Waals surface area contributed by atoms with Gasteiger partial charge in [0.15, 0.2) is 5.65 Å². The Morgan fingerprint density at radius 3 is 2.79 bits per heavy atom. The van der Waals surface area contributed by atoms with E-state index in [-0.39, 0.29) is 17.5 Å². The lowest BCUT2D eigenvalue weighted by Gasteiger charge is -2.21. The molecule has 28 heavy (non-hydrogen) atoms. The standard InChI is InChI=1S/C19H15N7O2/c20-8-11-1-6-14-16(7-11)25(10-22-14)18-21-9-15-17(24-18)26(19(28)23-15)12-2-4-13(27)5-3-12/h1,6-7,9-10,12H,2-5H2,(H,23,28). The van der Waals surface area contributed by atoms with Gasteiger partial charge in [-0.2, -0.15) is 10.2 Å². The Kier molecular flexibility index (Phi) is 3.58. The molecule has 0 aliphatic heterocycles. The second-order valence-electron chi connectivity index (χ2n) is 6.91. The predicted octanol–water partition coefficient (Wildman–Crippen LogP) is 2.01. The Morgan fingerprint density at radius 2 is 2.00 bits per heavy atom. The van der Waals surface area contributed by atoms with Crippen LogP contribution in [-0.4, -0.2) is 34.9 Å². The zero-order chi connectivity index (χ0) is 19.3. The van der Waals surface area contributed by atoms with Crippen LogP contribution in [0.5, 0.6) is 0 Å². The summed E-state index contributed by atoms with van der Waals surface area (Å²) in [5, 5.41) is 9.16. The number of ketones is 1. The highest BCUT2D eigenvalue weighted by molar-refractivity contribution is 5.80. The van der Waals surface area contributed by atoms with Gasteiger partial charge in [-0.25, -0.2) is 14.8 Å². The van der Waals surface area contributed by atoms with E-state index in [2.05, 4.69) is 26.0 Å². The van der Waals surface area contributed by atoms with Crippen molar-refractivity contribution >= 4 is 28.0 Å². The first kappa shape index (κ1) is 16.4. The summed E-state index contributed by atoms with van der Waals surface area (Å²) < 4.78 is 3.33. The van der Waals surface area contributed by atoms with E-state index in [1.54, 1.807) is 39.9 Å². The molecule has 138 valence electrons. The van der Waals surface area contributed by atoms with Gasteiger partial charge >= 0.3 is 5.69 Å². The van der Waals surface area contributed by atoms with Gasteiger partial charge in [0, 0.05) is 18.9 Å². The zero-order valence-corrected chi connectivity index (χ0v) is 14.8. The minimum Gasteiger partial charge on any atom is -0.303 e. The molecule has 1 saturated carbocycles. The minimum atomic E-state index is -0.247. The maximum Gasteiger partial charge on any atom is 0.327 e. The molecule has 3 aromatic heterocycles. The number of nitrogens with one attached hydrogen (secondary N) is 1. The highest BCUT2D eigenvalue weighted by Crippen LogP contribution is 2.27. The molecule has 9 nitrogen and oxygen atoms in total. The van der Waals surface area contributed by atoms with Crippen molar-refractivity contribution in [2.24, 2.45) is 0 Å². The normalized spacial score (nSPS) is 15.3. The lowest BCUT2D eigenvalue weighted by molar-refractivity contribution is -0.120. The Hall–Kier alpha value is -3.80. The molecule has 0 bridgehead atoms. The average molecular weight is 373 g/mol. The first-order valence-corrected chi connectivity index (χ1v) is 9.00. The number of benzene rings is 1. The first-order chi connectivity index (χ1) is 13.6. The van der Waals surface area contributed by atoms with E-state index in [4.69, 9.17) is 5.26 Å². The summed E-state index contributed by atoms with van der Waals surface area (Å²) in [7, 11) is 0. The van der Waals surface area contributed by atoms with Crippen LogP contribution in [0.25, 0.3) is 28.1 Å². The summed E-state index contributed by atoms with van der Waals surface area (Å²) in [4.78, 5) is 40.2. The van der Waals surface area contributed by atoms with E-state index in [9.17, 15) is 9.59 Å². The van der Waals surface area contributed by atoms with Crippen molar-refractivity contribution in [1.29, 1.82) is 5.26 Å². The molecule has 1 aromatic carbocycles. The third kappa shape index (κ3) is 2.50. The summed E-state index contributed by atoms with van der Waals surface area (Å²) in [6.45, 7) is 0. The summed E-state index contributed by atoms with van der Waals surface area (Å²) in [6.07, 6.45) is 5.38. The van der Waals surface area contributed by atoms with Crippen LogP contribution in [0.15, 0.2) is 35.5 Å². The summed E-state index contributed by atoms with van der Waals surface area (Å²) in [6, 6.07) is 7.26. The molecule has 0 atom stereocenters. The van der Waals surface area contributed by atoms with Crippen molar-refractivity contribution in [1.82, 2.24) is 29.1 Å². The molecular weight excluding hydrogens is 358 g/mol. The van der Waals surface area contributed by atoms with E-state index < -0.39 is 0 Å². The van der Waals surface area contributed by atoms with Crippen molar-refractivity contribution in [3.8, 4) is 12.0 Å². The second-order valence-corrected chi connectivity index (χ2v) is 6.91. The Morgan fingerprint density at radius 1 is 1.18 bits per heavy atom. The predicted molar refractivity (Wildman–Crippen MR) is 100 cm³/mol. The topological polar surface area (TPSA) is 122 Å². The van der Waals surface area contributed by atoms with Gasteiger partial charge in [0.25, 0.3) is 0 Å². The average Bonchev–Trinajstić information content (AvgIpc) is 3.27. The SMILES string of the molecule is N#Cc1ccc2ncn(-c3ncc4[nH]c(=O)n(C5CCC(=O)CC5)c4n3)c2c1. The molecule has 0 saturated heterocycles. The molecule has 0 spiro atoms. The number of aromatic amines is 1. The maximum atomic E-state index is 12.5. The highest BCUT2D eigenvalue weighted by Gasteiger charge is 2.24. The number of nitriles is 1. The fourth-order valence-corrected chi connectivity index (χ4v) is 3.78. The fourth-order valence-electron chi connectivity index (χ4n) is 3.78. The zero-order valence-electron chi connectivity index (χ0n) is 14.8. The summed E-state index contributed by atoms with van der Waals surface area (Å²) in [5.41, 5.74) is 2.76. The molecule has 9 heteroatoms. The minimum absolute atomic E-state index is 0.0635. The third-order valence-electron chi connectivity index (χ3n) is 5.21. The number of rotatable bonds is 2. The number of aromatic nitrogens is 6. The smallest absolute Gasteiger partial charge is 0.303 e. The van der Waals surface area contributed by atoms with Crippen molar-refractivity contribution < 1.29 is 4.79 Å². The number of hydrogen-bond acceptors (Lipinski definition) is 6. The van der Waals surface area contributed by atoms with Crippen LogP contribution in [0.4, 0.5) is 0 Å². The van der Waals surface area contributed by atoms with Gasteiger partial charge in [-0.05, 0) is 31.0 Å². The van der Waals surface area contributed by atoms with E-state index in [1.165, 1.54) is 0 Å². The molecule has 4 aromatic rings. The van der Waals surface area contributed by atoms with E-state index in [1.807, 2.05) is 0 Å².